The van der Waals surface area contributed by atoms with Gasteiger partial charge < -0.3 is 10.2 Å². The van der Waals surface area contributed by atoms with E-state index in [0.29, 0.717) is 11.4 Å². The molecule has 0 unspecified atom stereocenters. The Hall–Kier alpha value is -3.21. The van der Waals surface area contributed by atoms with Crippen LogP contribution < -0.4 is 10.2 Å². The number of carbonyl (C=O) groups excluding carboxylic acids is 1. The SMILES string of the molecule is C=C/C=C(\N=C)NC(=O)c1ccc(N2CCc3ccccc3C2)nc1. The van der Waals surface area contributed by atoms with Crippen LogP contribution in [0.3, 0.4) is 0 Å². The molecule has 1 amide bonds. The highest BCUT2D eigenvalue weighted by Crippen LogP contribution is 2.22. The molecule has 0 bridgehead atoms. The second-order valence-corrected chi connectivity index (χ2v) is 5.75. The van der Waals surface area contributed by atoms with Crippen molar-refractivity contribution in [3.05, 3.63) is 83.8 Å². The minimum Gasteiger partial charge on any atom is -0.352 e. The third kappa shape index (κ3) is 3.83. The van der Waals surface area contributed by atoms with Gasteiger partial charge in [-0.3, -0.25) is 4.79 Å². The Bertz CT molecular complexity index is 824. The molecular weight excluding hydrogens is 312 g/mol. The maximum absolute atomic E-state index is 12.2. The molecule has 1 aliphatic rings. The van der Waals surface area contributed by atoms with Crippen LogP contribution in [0.2, 0.25) is 0 Å². The van der Waals surface area contributed by atoms with Crippen molar-refractivity contribution in [1.29, 1.82) is 0 Å². The Morgan fingerprint density at radius 2 is 2.04 bits per heavy atom. The number of carbonyl (C=O) groups is 1. The highest BCUT2D eigenvalue weighted by atomic mass is 16.1. The fourth-order valence-corrected chi connectivity index (χ4v) is 2.83. The van der Waals surface area contributed by atoms with Gasteiger partial charge in [-0.2, -0.15) is 0 Å². The van der Waals surface area contributed by atoms with Crippen molar-refractivity contribution in [3.63, 3.8) is 0 Å². The van der Waals surface area contributed by atoms with Crippen molar-refractivity contribution in [2.75, 3.05) is 11.4 Å². The average molecular weight is 332 g/mol. The van der Waals surface area contributed by atoms with Crippen molar-refractivity contribution in [2.45, 2.75) is 13.0 Å². The van der Waals surface area contributed by atoms with Crippen molar-refractivity contribution < 1.29 is 4.79 Å². The molecule has 1 aromatic carbocycles. The number of aliphatic imine (C=N–C) groups is 1. The van der Waals surface area contributed by atoms with Crippen LogP contribution >= 0.6 is 0 Å². The summed E-state index contributed by atoms with van der Waals surface area (Å²) in [5, 5.41) is 2.66. The Labute approximate surface area is 147 Å². The van der Waals surface area contributed by atoms with Gasteiger partial charge in [0, 0.05) is 19.3 Å². The first-order valence-electron chi connectivity index (χ1n) is 8.10. The lowest BCUT2D eigenvalue weighted by molar-refractivity contribution is 0.0965. The summed E-state index contributed by atoms with van der Waals surface area (Å²) in [7, 11) is 0. The number of allylic oxidation sites excluding steroid dienone is 2. The Balaban J connectivity index is 1.70. The van der Waals surface area contributed by atoms with Gasteiger partial charge in [0.2, 0.25) is 0 Å². The van der Waals surface area contributed by atoms with E-state index < -0.39 is 0 Å². The fraction of sp³-hybridized carbons (Fsp3) is 0.150. The summed E-state index contributed by atoms with van der Waals surface area (Å²) in [5.41, 5.74) is 3.20. The molecule has 0 saturated carbocycles. The van der Waals surface area contributed by atoms with Gasteiger partial charge in [0.15, 0.2) is 0 Å². The van der Waals surface area contributed by atoms with E-state index in [9.17, 15) is 4.79 Å². The number of nitrogens with one attached hydrogen (secondary N) is 1. The quantitative estimate of drug-likeness (QED) is 0.676. The zero-order valence-electron chi connectivity index (χ0n) is 14.0. The zero-order chi connectivity index (χ0) is 17.6. The number of rotatable bonds is 5. The lowest BCUT2D eigenvalue weighted by Gasteiger charge is -2.29. The Morgan fingerprint density at radius 3 is 2.72 bits per heavy atom. The maximum Gasteiger partial charge on any atom is 0.258 e. The number of aromatic nitrogens is 1. The van der Waals surface area contributed by atoms with Crippen LogP contribution in [0.4, 0.5) is 5.82 Å². The third-order valence-corrected chi connectivity index (χ3v) is 4.15. The summed E-state index contributed by atoms with van der Waals surface area (Å²) >= 11 is 0. The van der Waals surface area contributed by atoms with Crippen LogP contribution in [0.15, 0.2) is 72.1 Å². The first kappa shape index (κ1) is 16.6. The molecule has 2 heterocycles. The fourth-order valence-electron chi connectivity index (χ4n) is 2.83. The highest BCUT2D eigenvalue weighted by molar-refractivity contribution is 5.95. The Morgan fingerprint density at radius 1 is 1.24 bits per heavy atom. The molecule has 5 nitrogen and oxygen atoms in total. The summed E-state index contributed by atoms with van der Waals surface area (Å²) in [5.74, 6) is 0.954. The van der Waals surface area contributed by atoms with Crippen molar-refractivity contribution in [1.82, 2.24) is 10.3 Å². The van der Waals surface area contributed by atoms with Crippen LogP contribution in [0.1, 0.15) is 21.5 Å². The molecular formula is C20H20N4O. The molecule has 1 aromatic heterocycles. The lowest BCUT2D eigenvalue weighted by atomic mass is 10.00. The minimum atomic E-state index is -0.275. The molecule has 0 aliphatic carbocycles. The molecule has 2 aromatic rings. The van der Waals surface area contributed by atoms with Crippen LogP contribution in [0, 0.1) is 0 Å². The van der Waals surface area contributed by atoms with E-state index in [-0.39, 0.29) is 5.91 Å². The van der Waals surface area contributed by atoms with Crippen LogP contribution in [0.5, 0.6) is 0 Å². The number of anilines is 1. The van der Waals surface area contributed by atoms with Gasteiger partial charge in [0.1, 0.15) is 11.6 Å². The van der Waals surface area contributed by atoms with E-state index in [0.717, 1.165) is 25.3 Å². The van der Waals surface area contributed by atoms with E-state index in [1.54, 1.807) is 24.4 Å². The number of hydrogen-bond acceptors (Lipinski definition) is 4. The standard InChI is InChI=1S/C20H20N4O/c1-3-6-18(21-2)23-20(25)16-9-10-19(22-13-16)24-12-11-15-7-4-5-8-17(15)14-24/h3-10,13H,1-2,11-12,14H2,(H,23,25)/b18-6+. The van der Waals surface area contributed by atoms with Gasteiger partial charge in [-0.05, 0) is 42.5 Å². The largest absolute Gasteiger partial charge is 0.352 e. The van der Waals surface area contributed by atoms with Crippen LogP contribution in [0.25, 0.3) is 0 Å². The molecule has 0 radical (unpaired) electrons. The summed E-state index contributed by atoms with van der Waals surface area (Å²) in [6.07, 6.45) is 5.71. The number of fused-ring (bicyclic) bond motifs is 1. The number of hydrogen-bond donors (Lipinski definition) is 1. The van der Waals surface area contributed by atoms with Gasteiger partial charge in [-0.15, -0.1) is 0 Å². The molecule has 0 spiro atoms. The first-order valence-corrected chi connectivity index (χ1v) is 8.10. The van der Waals surface area contributed by atoms with E-state index in [4.69, 9.17) is 0 Å². The van der Waals surface area contributed by atoms with E-state index in [1.165, 1.54) is 11.1 Å². The zero-order valence-corrected chi connectivity index (χ0v) is 14.0. The highest BCUT2D eigenvalue weighted by Gasteiger charge is 2.17. The number of pyridine rings is 1. The van der Waals surface area contributed by atoms with Gasteiger partial charge in [-0.25, -0.2) is 9.98 Å². The molecule has 1 aliphatic heterocycles. The smallest absolute Gasteiger partial charge is 0.258 e. The molecule has 3 rings (SSSR count). The molecule has 0 atom stereocenters. The predicted octanol–water partition coefficient (Wildman–Crippen LogP) is 3.10. The van der Waals surface area contributed by atoms with E-state index in [1.807, 2.05) is 6.07 Å². The summed E-state index contributed by atoms with van der Waals surface area (Å²) in [6.45, 7) is 8.74. The summed E-state index contributed by atoms with van der Waals surface area (Å²) < 4.78 is 0. The molecule has 126 valence electrons. The van der Waals surface area contributed by atoms with Gasteiger partial charge in [0.25, 0.3) is 5.91 Å². The first-order chi connectivity index (χ1) is 12.2. The maximum atomic E-state index is 12.2. The molecule has 0 fully saturated rings. The topological polar surface area (TPSA) is 57.6 Å². The number of amides is 1. The molecule has 0 saturated heterocycles. The second-order valence-electron chi connectivity index (χ2n) is 5.75. The van der Waals surface area contributed by atoms with Gasteiger partial charge in [-0.1, -0.05) is 36.9 Å². The van der Waals surface area contributed by atoms with Gasteiger partial charge in [0.05, 0.1) is 5.56 Å². The summed E-state index contributed by atoms with van der Waals surface area (Å²) in [6, 6.07) is 12.1. The van der Waals surface area contributed by atoms with Crippen molar-refractivity contribution in [2.24, 2.45) is 4.99 Å². The monoisotopic (exact) mass is 332 g/mol. The second kappa shape index (κ2) is 7.57. The van der Waals surface area contributed by atoms with Crippen LogP contribution in [-0.2, 0) is 13.0 Å². The summed E-state index contributed by atoms with van der Waals surface area (Å²) in [4.78, 5) is 22.6. The van der Waals surface area contributed by atoms with Gasteiger partial charge >= 0.3 is 0 Å². The van der Waals surface area contributed by atoms with E-state index >= 15 is 0 Å². The average Bonchev–Trinajstić information content (AvgIpc) is 2.67. The molecule has 25 heavy (non-hydrogen) atoms. The molecule has 1 N–H and O–H groups in total. The predicted molar refractivity (Wildman–Crippen MR) is 101 cm³/mol. The Kier molecular flexibility index (Phi) is 5.04. The number of benzene rings is 1. The van der Waals surface area contributed by atoms with E-state index in [2.05, 4.69) is 57.8 Å². The normalized spacial score (nSPS) is 13.8. The van der Waals surface area contributed by atoms with Crippen LogP contribution in [-0.4, -0.2) is 24.2 Å². The third-order valence-electron chi connectivity index (χ3n) is 4.15. The number of nitrogens with zero attached hydrogens (tertiary/aromatic N) is 3. The van der Waals surface area contributed by atoms with Crippen molar-refractivity contribution >= 4 is 18.4 Å². The lowest BCUT2D eigenvalue weighted by Crippen LogP contribution is -2.31. The molecule has 5 heteroatoms. The van der Waals surface area contributed by atoms with Crippen molar-refractivity contribution in [3.8, 4) is 0 Å². The minimum absolute atomic E-state index is 0.275.